The highest BCUT2D eigenvalue weighted by Crippen LogP contribution is 2.45. The topological polar surface area (TPSA) is 112 Å². The van der Waals surface area contributed by atoms with Gasteiger partial charge in [0.2, 0.25) is 0 Å². The van der Waals surface area contributed by atoms with Gasteiger partial charge in [-0.3, -0.25) is 9.59 Å². The third kappa shape index (κ3) is 9.12. The van der Waals surface area contributed by atoms with Crippen molar-refractivity contribution in [2.24, 2.45) is 11.8 Å². The zero-order valence-electron chi connectivity index (χ0n) is 21.9. The molecule has 1 aromatic carbocycles. The van der Waals surface area contributed by atoms with Crippen LogP contribution in [0.2, 0.25) is 0 Å². The first kappa shape index (κ1) is 30.2. The highest BCUT2D eigenvalue weighted by molar-refractivity contribution is 5.88. The average Bonchev–Trinajstić information content (AvgIpc) is 3.48. The van der Waals surface area contributed by atoms with Crippen LogP contribution in [0.15, 0.2) is 47.9 Å². The summed E-state index contributed by atoms with van der Waals surface area (Å²) in [5.74, 6) is -3.35. The molecule has 0 aromatic heterocycles. The van der Waals surface area contributed by atoms with Gasteiger partial charge >= 0.3 is 24.1 Å². The molecular formula is C28H33F3O8. The van der Waals surface area contributed by atoms with E-state index in [0.29, 0.717) is 25.4 Å². The summed E-state index contributed by atoms with van der Waals surface area (Å²) in [5.41, 5.74) is 0.380. The van der Waals surface area contributed by atoms with Crippen LogP contribution in [-0.4, -0.2) is 41.8 Å². The number of hydrogen-bond donors (Lipinski definition) is 1. The molecular weight excluding hydrogens is 521 g/mol. The average molecular weight is 555 g/mol. The molecule has 214 valence electrons. The number of carbonyl (C=O) groups is 3. The van der Waals surface area contributed by atoms with E-state index < -0.39 is 35.4 Å². The molecule has 1 unspecified atom stereocenters. The Morgan fingerprint density at radius 3 is 2.46 bits per heavy atom. The first-order valence-corrected chi connectivity index (χ1v) is 12.8. The smallest absolute Gasteiger partial charge is 0.416 e. The monoisotopic (exact) mass is 554 g/mol. The Morgan fingerprint density at radius 1 is 1.10 bits per heavy atom. The van der Waals surface area contributed by atoms with E-state index in [4.69, 9.17) is 18.9 Å². The fourth-order valence-corrected chi connectivity index (χ4v) is 4.97. The van der Waals surface area contributed by atoms with Crippen LogP contribution in [0.25, 0.3) is 0 Å². The van der Waals surface area contributed by atoms with Crippen molar-refractivity contribution in [1.29, 1.82) is 0 Å². The lowest BCUT2D eigenvalue weighted by Gasteiger charge is -2.20. The van der Waals surface area contributed by atoms with Crippen LogP contribution in [0.5, 0.6) is 5.75 Å². The van der Waals surface area contributed by atoms with Gasteiger partial charge in [-0.05, 0) is 68.6 Å². The summed E-state index contributed by atoms with van der Waals surface area (Å²) >= 11 is 0. The Labute approximate surface area is 224 Å². The lowest BCUT2D eigenvalue weighted by molar-refractivity contribution is -0.148. The number of aliphatic carboxylic acids is 1. The van der Waals surface area contributed by atoms with Crippen LogP contribution >= 0.6 is 0 Å². The predicted molar refractivity (Wildman–Crippen MR) is 132 cm³/mol. The van der Waals surface area contributed by atoms with E-state index in [2.05, 4.69) is 6.58 Å². The van der Waals surface area contributed by atoms with E-state index in [1.54, 1.807) is 0 Å². The number of ether oxygens (including phenoxy) is 4. The first-order valence-electron chi connectivity index (χ1n) is 12.8. The quantitative estimate of drug-likeness (QED) is 0.0813. The van der Waals surface area contributed by atoms with Gasteiger partial charge in [-0.2, -0.15) is 13.2 Å². The zero-order valence-corrected chi connectivity index (χ0v) is 21.9. The minimum Gasteiger partial charge on any atom is -0.494 e. The van der Waals surface area contributed by atoms with Gasteiger partial charge in [0.05, 0.1) is 24.4 Å². The summed E-state index contributed by atoms with van der Waals surface area (Å²) in [4.78, 5) is 34.4. The van der Waals surface area contributed by atoms with Gasteiger partial charge in [0.15, 0.2) is 5.76 Å². The molecule has 39 heavy (non-hydrogen) atoms. The summed E-state index contributed by atoms with van der Waals surface area (Å²) in [6.45, 7) is 6.69. The number of allylic oxidation sites excluding steroid dienone is 1. The second kappa shape index (κ2) is 13.1. The Kier molecular flexibility index (Phi) is 10.2. The molecule has 0 radical (unpaired) electrons. The molecule has 2 fully saturated rings. The fourth-order valence-electron chi connectivity index (χ4n) is 4.97. The number of halogens is 3. The third-order valence-corrected chi connectivity index (χ3v) is 6.85. The number of hydrogen-bond acceptors (Lipinski definition) is 7. The molecule has 0 amide bonds. The van der Waals surface area contributed by atoms with Gasteiger partial charge in [0.1, 0.15) is 5.75 Å². The second-order valence-electron chi connectivity index (χ2n) is 9.83. The van der Waals surface area contributed by atoms with E-state index >= 15 is 0 Å². The number of carboxylic acid groups (broad SMARTS) is 1. The molecule has 4 atom stereocenters. The van der Waals surface area contributed by atoms with E-state index in [0.717, 1.165) is 57.2 Å². The van der Waals surface area contributed by atoms with E-state index in [9.17, 15) is 32.7 Å². The normalized spacial score (nSPS) is 23.2. The predicted octanol–water partition coefficient (Wildman–Crippen LogP) is 5.81. The van der Waals surface area contributed by atoms with Crippen LogP contribution in [0.4, 0.5) is 13.2 Å². The summed E-state index contributed by atoms with van der Waals surface area (Å²) in [6, 6.07) is 4.83. The Bertz CT molecular complexity index is 1110. The number of carboxylic acids is 1. The van der Waals surface area contributed by atoms with Crippen molar-refractivity contribution in [3.63, 3.8) is 0 Å². The lowest BCUT2D eigenvalue weighted by atomic mass is 9.85. The Balaban J connectivity index is 1.48. The summed E-state index contributed by atoms with van der Waals surface area (Å²) in [5, 5.41) is 9.40. The molecule has 8 nitrogen and oxygen atoms in total. The van der Waals surface area contributed by atoms with Crippen LogP contribution in [0.3, 0.4) is 0 Å². The Morgan fingerprint density at radius 2 is 1.82 bits per heavy atom. The molecule has 0 spiro atoms. The Hall–Kier alpha value is -3.34. The maximum atomic E-state index is 12.9. The number of esters is 2. The molecule has 1 heterocycles. The van der Waals surface area contributed by atoms with Gasteiger partial charge in [0, 0.05) is 20.3 Å². The zero-order chi connectivity index (χ0) is 28.7. The van der Waals surface area contributed by atoms with E-state index in [1.807, 2.05) is 0 Å². The van der Waals surface area contributed by atoms with Gasteiger partial charge < -0.3 is 24.1 Å². The molecule has 2 aliphatic rings. The molecule has 0 bridgehead atoms. The van der Waals surface area contributed by atoms with Crippen molar-refractivity contribution < 1.29 is 51.6 Å². The minimum atomic E-state index is -4.41. The van der Waals surface area contributed by atoms with Crippen molar-refractivity contribution >= 4 is 17.9 Å². The molecule has 1 aromatic rings. The van der Waals surface area contributed by atoms with Gasteiger partial charge in [-0.1, -0.05) is 18.2 Å². The van der Waals surface area contributed by atoms with Gasteiger partial charge in [-0.15, -0.1) is 0 Å². The molecule has 1 saturated carbocycles. The highest BCUT2D eigenvalue weighted by atomic mass is 19.4. The molecule has 1 saturated heterocycles. The van der Waals surface area contributed by atoms with E-state index in [1.165, 1.54) is 12.1 Å². The standard InChI is InChI=1S/C28H33F3O8/c1-16-10-11-19(7-4-5-12-36-21-9-6-8-20(13-21)28(29,30)31)22(16)14-23-24(39-23)15-25(37-17(2)32)26(27(34)35)38-18(3)33/h6,8-9,13,19,22-24H,1,4-5,7,10-12,14-15H2,2-3H3,(H,34,35)/t19-,22-,23+,24?/m0/s1. The van der Waals surface area contributed by atoms with Crippen molar-refractivity contribution in [3.8, 4) is 5.75 Å². The molecule has 1 N–H and O–H groups in total. The van der Waals surface area contributed by atoms with Crippen molar-refractivity contribution in [2.75, 3.05) is 6.61 Å². The van der Waals surface area contributed by atoms with Crippen molar-refractivity contribution in [2.45, 2.75) is 77.2 Å². The number of carbonyl (C=O) groups excluding carboxylic acids is 2. The van der Waals surface area contributed by atoms with Gasteiger partial charge in [0.25, 0.3) is 5.76 Å². The van der Waals surface area contributed by atoms with Crippen LogP contribution < -0.4 is 4.74 Å². The summed E-state index contributed by atoms with van der Waals surface area (Å²) < 4.78 is 59.6. The number of benzene rings is 1. The maximum Gasteiger partial charge on any atom is 0.416 e. The number of unbranched alkanes of at least 4 members (excludes halogenated alkanes) is 1. The van der Waals surface area contributed by atoms with Crippen molar-refractivity contribution in [3.05, 3.63) is 53.5 Å². The van der Waals surface area contributed by atoms with E-state index in [-0.39, 0.29) is 36.1 Å². The van der Waals surface area contributed by atoms with Crippen LogP contribution in [-0.2, 0) is 34.8 Å². The molecule has 1 aliphatic heterocycles. The van der Waals surface area contributed by atoms with Crippen molar-refractivity contribution in [1.82, 2.24) is 0 Å². The van der Waals surface area contributed by atoms with Crippen LogP contribution in [0.1, 0.15) is 64.4 Å². The SMILES string of the molecule is C=C1CC[C@H](CCCCOc2cccc(C(F)(F)F)c2)[C@H]1C[C@H]1OC1CC(OC(C)=O)=C(OC(C)=O)C(=O)O. The number of alkyl halides is 3. The van der Waals surface area contributed by atoms with Gasteiger partial charge in [-0.25, -0.2) is 4.79 Å². The minimum absolute atomic E-state index is 0.0318. The second-order valence-corrected chi connectivity index (χ2v) is 9.83. The number of rotatable bonds is 13. The fraction of sp³-hybridized carbons (Fsp3) is 0.536. The molecule has 1 aliphatic carbocycles. The largest absolute Gasteiger partial charge is 0.494 e. The number of epoxide rings is 1. The third-order valence-electron chi connectivity index (χ3n) is 6.85. The summed E-state index contributed by atoms with van der Waals surface area (Å²) in [6.07, 6.45) is -0.0390. The molecule has 11 heteroatoms. The maximum absolute atomic E-state index is 12.9. The molecule has 3 rings (SSSR count). The van der Waals surface area contributed by atoms with Crippen LogP contribution in [0, 0.1) is 11.8 Å². The summed E-state index contributed by atoms with van der Waals surface area (Å²) in [7, 11) is 0. The lowest BCUT2D eigenvalue weighted by Crippen LogP contribution is -2.17. The first-order chi connectivity index (χ1) is 18.3. The highest BCUT2D eigenvalue weighted by Gasteiger charge is 2.45.